The fraction of sp³-hybridized carbons (Fsp3) is 0.118. The molecule has 1 N–H and O–H groups in total. The maximum atomic E-state index is 9.83. The molecule has 0 aromatic heterocycles. The zero-order valence-electron chi connectivity index (χ0n) is 11.8. The van der Waals surface area contributed by atoms with E-state index >= 15 is 0 Å². The predicted molar refractivity (Wildman–Crippen MR) is 89.2 cm³/mol. The maximum Gasteiger partial charge on any atom is 0.176 e. The second kappa shape index (κ2) is 7.22. The molecule has 2 rings (SSSR count). The summed E-state index contributed by atoms with van der Waals surface area (Å²) < 4.78 is 5.33. The van der Waals surface area contributed by atoms with Crippen molar-refractivity contribution in [3.8, 4) is 17.6 Å². The lowest BCUT2D eigenvalue weighted by molar-refractivity contribution is 0.318. The number of aromatic hydroxyl groups is 1. The number of nitrogens with zero attached hydrogens (tertiary/aromatic N) is 1. The van der Waals surface area contributed by atoms with E-state index in [9.17, 15) is 10.4 Å². The van der Waals surface area contributed by atoms with Gasteiger partial charge in [0.05, 0.1) is 23.3 Å². The van der Waals surface area contributed by atoms with Gasteiger partial charge < -0.3 is 9.84 Å². The van der Waals surface area contributed by atoms with Gasteiger partial charge in [0.1, 0.15) is 0 Å². The van der Waals surface area contributed by atoms with Crippen molar-refractivity contribution in [1.82, 2.24) is 0 Å². The Kier molecular flexibility index (Phi) is 5.32. The maximum absolute atomic E-state index is 9.83. The standard InChI is InChI=1S/C17H13Cl2NO2/c1-2-22-16-9-11(8-15(19)17(16)21)7-13(10-20)12-3-5-14(18)6-4-12/h3-9,21H,2H2,1H3/b13-7-. The van der Waals surface area contributed by atoms with Gasteiger partial charge in [0.2, 0.25) is 0 Å². The zero-order valence-corrected chi connectivity index (χ0v) is 13.3. The van der Waals surface area contributed by atoms with E-state index in [0.29, 0.717) is 22.8 Å². The molecule has 3 nitrogen and oxygen atoms in total. The van der Waals surface area contributed by atoms with Crippen LogP contribution in [0.3, 0.4) is 0 Å². The molecule has 0 fully saturated rings. The number of halogens is 2. The number of phenolic OH excluding ortho intramolecular Hbond substituents is 1. The zero-order chi connectivity index (χ0) is 16.1. The minimum atomic E-state index is -0.106. The summed E-state index contributed by atoms with van der Waals surface area (Å²) in [7, 11) is 0. The lowest BCUT2D eigenvalue weighted by atomic mass is 10.0. The number of benzene rings is 2. The monoisotopic (exact) mass is 333 g/mol. The minimum absolute atomic E-state index is 0.106. The largest absolute Gasteiger partial charge is 0.503 e. The number of nitriles is 1. The Bertz CT molecular complexity index is 746. The second-order valence-electron chi connectivity index (χ2n) is 4.46. The highest BCUT2D eigenvalue weighted by molar-refractivity contribution is 6.32. The van der Waals surface area contributed by atoms with Crippen molar-refractivity contribution in [2.45, 2.75) is 6.92 Å². The Morgan fingerprint density at radius 3 is 2.55 bits per heavy atom. The number of hydrogen-bond donors (Lipinski definition) is 1. The lowest BCUT2D eigenvalue weighted by Crippen LogP contribution is -1.93. The van der Waals surface area contributed by atoms with Crippen molar-refractivity contribution in [2.24, 2.45) is 0 Å². The quantitative estimate of drug-likeness (QED) is 0.620. The van der Waals surface area contributed by atoms with Gasteiger partial charge in [0, 0.05) is 5.02 Å². The van der Waals surface area contributed by atoms with Gasteiger partial charge in [-0.2, -0.15) is 5.26 Å². The van der Waals surface area contributed by atoms with Gasteiger partial charge in [0.15, 0.2) is 11.5 Å². The molecular weight excluding hydrogens is 321 g/mol. The van der Waals surface area contributed by atoms with Crippen LogP contribution in [0.5, 0.6) is 11.5 Å². The average Bonchev–Trinajstić information content (AvgIpc) is 2.51. The van der Waals surface area contributed by atoms with Crippen molar-refractivity contribution >= 4 is 34.9 Å². The molecule has 0 bridgehead atoms. The average molecular weight is 334 g/mol. The van der Waals surface area contributed by atoms with Gasteiger partial charge in [-0.15, -0.1) is 0 Å². The molecule has 0 saturated heterocycles. The number of rotatable bonds is 4. The van der Waals surface area contributed by atoms with Gasteiger partial charge in [0.25, 0.3) is 0 Å². The van der Waals surface area contributed by atoms with Gasteiger partial charge >= 0.3 is 0 Å². The first kappa shape index (κ1) is 16.2. The molecule has 0 aliphatic heterocycles. The SMILES string of the molecule is CCOc1cc(/C=C(/C#N)c2ccc(Cl)cc2)cc(Cl)c1O. The van der Waals surface area contributed by atoms with Gasteiger partial charge in [-0.3, -0.25) is 0 Å². The number of phenols is 1. The van der Waals surface area contributed by atoms with Crippen LogP contribution in [0.2, 0.25) is 10.0 Å². The van der Waals surface area contributed by atoms with Crippen LogP contribution in [0, 0.1) is 11.3 Å². The predicted octanol–water partition coefficient (Wildman–Crippen LogP) is 5.16. The first-order valence-corrected chi connectivity index (χ1v) is 7.33. The summed E-state index contributed by atoms with van der Waals surface area (Å²) in [6, 6.07) is 12.3. The summed E-state index contributed by atoms with van der Waals surface area (Å²) >= 11 is 11.8. The van der Waals surface area contributed by atoms with Crippen molar-refractivity contribution in [3.63, 3.8) is 0 Å². The molecule has 0 unspecified atom stereocenters. The van der Waals surface area contributed by atoms with Crippen molar-refractivity contribution < 1.29 is 9.84 Å². The Balaban J connectivity index is 2.46. The van der Waals surface area contributed by atoms with Crippen LogP contribution in [0.25, 0.3) is 11.6 Å². The second-order valence-corrected chi connectivity index (χ2v) is 5.30. The summed E-state index contributed by atoms with van der Waals surface area (Å²) in [5, 5.41) is 20.0. The number of hydrogen-bond acceptors (Lipinski definition) is 3. The smallest absolute Gasteiger partial charge is 0.176 e. The lowest BCUT2D eigenvalue weighted by Gasteiger charge is -2.09. The molecular formula is C17H13Cl2NO2. The van der Waals surface area contributed by atoms with Gasteiger partial charge in [-0.1, -0.05) is 35.3 Å². The third kappa shape index (κ3) is 3.73. The first-order chi connectivity index (χ1) is 10.5. The molecule has 0 heterocycles. The molecule has 0 spiro atoms. The summed E-state index contributed by atoms with van der Waals surface area (Å²) in [5.41, 5.74) is 1.87. The van der Waals surface area contributed by atoms with Crippen LogP contribution in [-0.4, -0.2) is 11.7 Å². The van der Waals surface area contributed by atoms with E-state index in [1.165, 1.54) is 0 Å². The molecule has 0 aliphatic rings. The number of allylic oxidation sites excluding steroid dienone is 1. The van der Waals surface area contributed by atoms with Crippen LogP contribution in [0.15, 0.2) is 36.4 Å². The Morgan fingerprint density at radius 1 is 1.27 bits per heavy atom. The van der Waals surface area contributed by atoms with Crippen LogP contribution >= 0.6 is 23.2 Å². The van der Waals surface area contributed by atoms with Gasteiger partial charge in [-0.25, -0.2) is 0 Å². The van der Waals surface area contributed by atoms with E-state index in [1.54, 1.807) is 42.5 Å². The first-order valence-electron chi connectivity index (χ1n) is 6.58. The Hall–Kier alpha value is -2.15. The van der Waals surface area contributed by atoms with Crippen molar-refractivity contribution in [1.29, 1.82) is 5.26 Å². The van der Waals surface area contributed by atoms with E-state index in [1.807, 2.05) is 6.92 Å². The molecule has 2 aromatic carbocycles. The van der Waals surface area contributed by atoms with Crippen LogP contribution in [0.1, 0.15) is 18.1 Å². The molecule has 0 atom stereocenters. The number of ether oxygens (including phenoxy) is 1. The van der Waals surface area contributed by atoms with Gasteiger partial charge in [-0.05, 0) is 48.4 Å². The summed E-state index contributed by atoms with van der Waals surface area (Å²) in [4.78, 5) is 0. The summed E-state index contributed by atoms with van der Waals surface area (Å²) in [5.74, 6) is 0.181. The fourth-order valence-corrected chi connectivity index (χ4v) is 2.26. The molecule has 0 amide bonds. The molecule has 0 saturated carbocycles. The van der Waals surface area contributed by atoms with Crippen LogP contribution in [0.4, 0.5) is 0 Å². The summed E-state index contributed by atoms with van der Waals surface area (Å²) in [6.45, 7) is 2.21. The summed E-state index contributed by atoms with van der Waals surface area (Å²) in [6.07, 6.45) is 1.68. The van der Waals surface area contributed by atoms with Crippen LogP contribution in [-0.2, 0) is 0 Å². The van der Waals surface area contributed by atoms with Crippen molar-refractivity contribution in [3.05, 3.63) is 57.6 Å². The highest BCUT2D eigenvalue weighted by Crippen LogP contribution is 2.36. The molecule has 22 heavy (non-hydrogen) atoms. The van der Waals surface area contributed by atoms with E-state index in [2.05, 4.69) is 6.07 Å². The van der Waals surface area contributed by atoms with E-state index in [0.717, 1.165) is 5.56 Å². The highest BCUT2D eigenvalue weighted by Gasteiger charge is 2.10. The Labute approximate surface area is 139 Å². The van der Waals surface area contributed by atoms with E-state index in [4.69, 9.17) is 27.9 Å². The normalized spacial score (nSPS) is 11.1. The third-order valence-electron chi connectivity index (χ3n) is 2.94. The van der Waals surface area contributed by atoms with Crippen LogP contribution < -0.4 is 4.74 Å². The molecule has 112 valence electrons. The molecule has 2 aromatic rings. The highest BCUT2D eigenvalue weighted by atomic mass is 35.5. The van der Waals surface area contributed by atoms with E-state index < -0.39 is 0 Å². The Morgan fingerprint density at radius 2 is 1.95 bits per heavy atom. The molecule has 0 aliphatic carbocycles. The third-order valence-corrected chi connectivity index (χ3v) is 3.48. The topological polar surface area (TPSA) is 53.2 Å². The minimum Gasteiger partial charge on any atom is -0.503 e. The van der Waals surface area contributed by atoms with E-state index in [-0.39, 0.29) is 16.5 Å². The fourth-order valence-electron chi connectivity index (χ4n) is 1.92. The van der Waals surface area contributed by atoms with Crippen molar-refractivity contribution in [2.75, 3.05) is 6.61 Å². The molecule has 5 heteroatoms. The molecule has 0 radical (unpaired) electrons.